The van der Waals surface area contributed by atoms with E-state index in [1.165, 1.54) is 0 Å². The van der Waals surface area contributed by atoms with Crippen molar-refractivity contribution in [1.29, 1.82) is 0 Å². The van der Waals surface area contributed by atoms with Gasteiger partial charge in [-0.15, -0.1) is 0 Å². The largest absolute Gasteiger partial charge is 0.395 e. The molecule has 0 bridgehead atoms. The van der Waals surface area contributed by atoms with E-state index < -0.39 is 0 Å². The van der Waals surface area contributed by atoms with Crippen molar-refractivity contribution in [2.75, 3.05) is 32.8 Å². The van der Waals surface area contributed by atoms with Gasteiger partial charge in [-0.05, 0) is 5.92 Å². The van der Waals surface area contributed by atoms with Gasteiger partial charge in [0.1, 0.15) is 0 Å². The van der Waals surface area contributed by atoms with Crippen LogP contribution in [0.25, 0.3) is 0 Å². The minimum Gasteiger partial charge on any atom is -0.395 e. The van der Waals surface area contributed by atoms with Crippen LogP contribution in [-0.2, 0) is 0 Å². The van der Waals surface area contributed by atoms with Gasteiger partial charge < -0.3 is 10.2 Å². The Morgan fingerprint density at radius 2 is 1.53 bits per heavy atom. The van der Waals surface area contributed by atoms with E-state index in [4.69, 9.17) is 10.2 Å². The molecule has 0 spiro atoms. The first-order valence-electron chi connectivity index (χ1n) is 4.81. The van der Waals surface area contributed by atoms with Gasteiger partial charge in [-0.3, -0.25) is 4.90 Å². The summed E-state index contributed by atoms with van der Waals surface area (Å²) in [5.41, 5.74) is 0. The fraction of sp³-hybridized carbons (Fsp3) is 0.800. The van der Waals surface area contributed by atoms with E-state index in [-0.39, 0.29) is 101 Å². The molecule has 0 aromatic heterocycles. The van der Waals surface area contributed by atoms with E-state index in [1.807, 2.05) is 4.90 Å². The topological polar surface area (TPSA) is 43.7 Å². The summed E-state index contributed by atoms with van der Waals surface area (Å²) >= 11 is 0. The van der Waals surface area contributed by atoms with Crippen LogP contribution >= 0.6 is 0 Å². The summed E-state index contributed by atoms with van der Waals surface area (Å²) < 4.78 is 0. The van der Waals surface area contributed by atoms with E-state index in [1.54, 1.807) is 0 Å². The first kappa shape index (κ1) is 22.7. The van der Waals surface area contributed by atoms with Crippen molar-refractivity contribution in [2.24, 2.45) is 5.92 Å². The molecule has 5 heteroatoms. The molecular weight excluding hydrogens is 620 g/mol. The summed E-state index contributed by atoms with van der Waals surface area (Å²) in [7, 11) is 0. The maximum Gasteiger partial charge on any atom is 0.0558 e. The number of hydrogen-bond acceptors (Lipinski definition) is 3. The van der Waals surface area contributed by atoms with Crippen LogP contribution in [0.15, 0.2) is 12.2 Å². The standard InChI is InChI=1S/C10H21NO2.2Ac/c1-10(2)4-3-5-11(6-8-12)7-9-13;;/h3-4,10,12-13H,5-9H2,1-2H3;;/b4-3+;;. The maximum absolute atomic E-state index is 8.72. The Morgan fingerprint density at radius 1 is 1.07 bits per heavy atom. The molecule has 84 valence electrons. The average Bonchev–Trinajstić information content (AvgIpc) is 2.04. The first-order chi connectivity index (χ1) is 6.20. The Morgan fingerprint density at radius 3 is 1.87 bits per heavy atom. The molecule has 0 aromatic carbocycles. The van der Waals surface area contributed by atoms with Gasteiger partial charge in [0, 0.05) is 108 Å². The third-order valence-corrected chi connectivity index (χ3v) is 1.72. The molecule has 0 unspecified atom stereocenters. The minimum absolute atomic E-state index is 0. The molecule has 0 heterocycles. The van der Waals surface area contributed by atoms with Gasteiger partial charge in [-0.25, -0.2) is 0 Å². The molecule has 0 amide bonds. The number of aliphatic hydroxyl groups excluding tert-OH is 2. The molecule has 0 aliphatic rings. The van der Waals surface area contributed by atoms with Crippen molar-refractivity contribution < 1.29 is 98.3 Å². The van der Waals surface area contributed by atoms with Crippen molar-refractivity contribution in [1.82, 2.24) is 4.90 Å². The van der Waals surface area contributed by atoms with Gasteiger partial charge >= 0.3 is 0 Å². The summed E-state index contributed by atoms with van der Waals surface area (Å²) in [5, 5.41) is 17.4. The van der Waals surface area contributed by atoms with Crippen LogP contribution in [0.5, 0.6) is 0 Å². The molecule has 0 rings (SSSR count). The van der Waals surface area contributed by atoms with E-state index in [9.17, 15) is 0 Å². The second-order valence-corrected chi connectivity index (χ2v) is 3.42. The van der Waals surface area contributed by atoms with Crippen LogP contribution in [0.4, 0.5) is 0 Å². The number of rotatable bonds is 7. The fourth-order valence-corrected chi connectivity index (χ4v) is 1.06. The van der Waals surface area contributed by atoms with Crippen molar-refractivity contribution in [2.45, 2.75) is 13.8 Å². The van der Waals surface area contributed by atoms with Crippen molar-refractivity contribution in [3.63, 3.8) is 0 Å². The Labute approximate surface area is 165 Å². The molecular formula is C10H21Ac2NO2. The third-order valence-electron chi connectivity index (χ3n) is 1.72. The SMILES string of the molecule is CC(C)/C=C/CN(CCO)CCO.[Ac].[Ac]. The zero-order valence-corrected chi connectivity index (χ0v) is 19.3. The molecule has 2 N–H and O–H groups in total. The molecule has 0 saturated carbocycles. The Hall–Kier alpha value is 2.50. The number of aliphatic hydroxyl groups is 2. The molecule has 0 aliphatic heterocycles. The third kappa shape index (κ3) is 16.5. The van der Waals surface area contributed by atoms with Gasteiger partial charge in [-0.2, -0.15) is 0 Å². The summed E-state index contributed by atoms with van der Waals surface area (Å²) in [5.74, 6) is 0.560. The summed E-state index contributed by atoms with van der Waals surface area (Å²) in [6.45, 7) is 6.61. The van der Waals surface area contributed by atoms with Crippen LogP contribution in [0.2, 0.25) is 0 Å². The van der Waals surface area contributed by atoms with Crippen LogP contribution in [0, 0.1) is 94.0 Å². The van der Waals surface area contributed by atoms with Crippen LogP contribution in [-0.4, -0.2) is 48.0 Å². The van der Waals surface area contributed by atoms with Crippen LogP contribution in [0.3, 0.4) is 0 Å². The molecule has 0 fully saturated rings. The molecule has 0 saturated heterocycles. The molecule has 3 nitrogen and oxygen atoms in total. The summed E-state index contributed by atoms with van der Waals surface area (Å²) in [6, 6.07) is 0. The zero-order valence-electron chi connectivity index (χ0n) is 9.76. The predicted molar refractivity (Wildman–Crippen MR) is 54.6 cm³/mol. The first-order valence-corrected chi connectivity index (χ1v) is 4.81. The Bertz CT molecular complexity index is 137. The monoisotopic (exact) mass is 641 g/mol. The molecule has 2 radical (unpaired) electrons. The fourth-order valence-electron chi connectivity index (χ4n) is 1.06. The van der Waals surface area contributed by atoms with Crippen LogP contribution in [0.1, 0.15) is 13.8 Å². The minimum atomic E-state index is 0. The maximum atomic E-state index is 8.72. The number of allylic oxidation sites excluding steroid dienone is 1. The molecule has 15 heavy (non-hydrogen) atoms. The van der Waals surface area contributed by atoms with Crippen LogP contribution < -0.4 is 0 Å². The second-order valence-electron chi connectivity index (χ2n) is 3.42. The predicted octanol–water partition coefficient (Wildman–Crippen LogP) is 0.485. The Balaban J connectivity index is -0.000000720. The van der Waals surface area contributed by atoms with Gasteiger partial charge in [0.25, 0.3) is 0 Å². The zero-order chi connectivity index (χ0) is 10.1. The van der Waals surface area contributed by atoms with E-state index in [0.717, 1.165) is 6.54 Å². The molecule has 0 aromatic rings. The summed E-state index contributed by atoms with van der Waals surface area (Å²) in [4.78, 5) is 2.01. The number of hydrogen-bond donors (Lipinski definition) is 2. The van der Waals surface area contributed by atoms with E-state index in [2.05, 4.69) is 26.0 Å². The van der Waals surface area contributed by atoms with Crippen molar-refractivity contribution in [3.05, 3.63) is 12.2 Å². The average molecular weight is 641 g/mol. The smallest absolute Gasteiger partial charge is 0.0558 e. The Kier molecular flexibility index (Phi) is 24.9. The summed E-state index contributed by atoms with van der Waals surface area (Å²) in [6.07, 6.45) is 4.21. The van der Waals surface area contributed by atoms with Crippen molar-refractivity contribution in [3.8, 4) is 0 Å². The number of nitrogens with zero attached hydrogens (tertiary/aromatic N) is 1. The molecule has 0 aliphatic carbocycles. The van der Waals surface area contributed by atoms with Gasteiger partial charge in [-0.1, -0.05) is 26.0 Å². The quantitative estimate of drug-likeness (QED) is 0.399. The van der Waals surface area contributed by atoms with Gasteiger partial charge in [0.05, 0.1) is 13.2 Å². The van der Waals surface area contributed by atoms with E-state index in [0.29, 0.717) is 19.0 Å². The second kappa shape index (κ2) is 16.5. The van der Waals surface area contributed by atoms with Gasteiger partial charge in [0.15, 0.2) is 0 Å². The van der Waals surface area contributed by atoms with Crippen molar-refractivity contribution >= 4 is 0 Å². The molecule has 0 atom stereocenters. The van der Waals surface area contributed by atoms with Gasteiger partial charge in [0.2, 0.25) is 0 Å². The van der Waals surface area contributed by atoms with E-state index >= 15 is 0 Å². The normalized spacial score (nSPS) is 10.5.